The summed E-state index contributed by atoms with van der Waals surface area (Å²) in [6.07, 6.45) is 1.29. The van der Waals surface area contributed by atoms with Gasteiger partial charge in [-0.15, -0.1) is 0 Å². The van der Waals surface area contributed by atoms with Gasteiger partial charge < -0.3 is 0 Å². The van der Waals surface area contributed by atoms with Gasteiger partial charge in [-0.1, -0.05) is 25.4 Å². The summed E-state index contributed by atoms with van der Waals surface area (Å²) in [4.78, 5) is 14.9. The van der Waals surface area contributed by atoms with Crippen LogP contribution in [-0.2, 0) is 0 Å². The first-order chi connectivity index (χ1) is 6.02. The summed E-state index contributed by atoms with van der Waals surface area (Å²) in [5.74, 6) is -0.960. The first-order valence-electron chi connectivity index (χ1n) is 3.87. The maximum atomic E-state index is 12.9. The minimum atomic E-state index is -0.659. The van der Waals surface area contributed by atoms with Crippen LogP contribution in [0.3, 0.4) is 0 Å². The Labute approximate surface area is 80.7 Å². The zero-order valence-electron chi connectivity index (χ0n) is 7.34. The van der Waals surface area contributed by atoms with Crippen molar-refractivity contribution in [3.63, 3.8) is 0 Å². The van der Waals surface area contributed by atoms with Crippen LogP contribution in [0.4, 0.5) is 4.39 Å². The van der Waals surface area contributed by atoms with Crippen LogP contribution in [-0.4, -0.2) is 10.8 Å². The van der Waals surface area contributed by atoms with E-state index >= 15 is 0 Å². The molecule has 0 saturated carbocycles. The van der Waals surface area contributed by atoms with E-state index in [4.69, 9.17) is 11.6 Å². The highest BCUT2D eigenvalue weighted by Gasteiger charge is 2.12. The number of rotatable bonds is 2. The van der Waals surface area contributed by atoms with Crippen molar-refractivity contribution >= 4 is 17.4 Å². The number of hydrogen-bond acceptors (Lipinski definition) is 2. The summed E-state index contributed by atoms with van der Waals surface area (Å²) in [7, 11) is 0. The number of hydrogen-bond donors (Lipinski definition) is 0. The Morgan fingerprint density at radius 2 is 2.23 bits per heavy atom. The minimum absolute atomic E-state index is 0.136. The number of ketones is 1. The molecule has 0 amide bonds. The van der Waals surface area contributed by atoms with Gasteiger partial charge in [-0.2, -0.15) is 0 Å². The number of carbonyl (C=O) groups is 1. The Morgan fingerprint density at radius 3 is 2.69 bits per heavy atom. The fourth-order valence-electron chi connectivity index (χ4n) is 0.889. The minimum Gasteiger partial charge on any atom is -0.294 e. The van der Waals surface area contributed by atoms with Crippen LogP contribution in [0.2, 0.25) is 5.15 Å². The first-order valence-corrected chi connectivity index (χ1v) is 4.25. The number of Topliss-reactive ketones (excluding diaryl/α,β-unsaturated/α-hetero) is 1. The van der Waals surface area contributed by atoms with Gasteiger partial charge in [0.25, 0.3) is 0 Å². The summed E-state index contributed by atoms with van der Waals surface area (Å²) in [6, 6.07) is 1.11. The van der Waals surface area contributed by atoms with Gasteiger partial charge in [0.2, 0.25) is 0 Å². The molecule has 0 radical (unpaired) electrons. The predicted octanol–water partition coefficient (Wildman–Crippen LogP) is 2.71. The van der Waals surface area contributed by atoms with E-state index < -0.39 is 5.82 Å². The van der Waals surface area contributed by atoms with E-state index in [1.807, 2.05) is 0 Å². The van der Waals surface area contributed by atoms with E-state index in [2.05, 4.69) is 4.98 Å². The van der Waals surface area contributed by atoms with Gasteiger partial charge in [0.1, 0.15) is 0 Å². The molecule has 0 aromatic carbocycles. The molecule has 13 heavy (non-hydrogen) atoms. The molecule has 0 spiro atoms. The standard InChI is InChI=1S/C9H9ClFNO/c1-5(2)8(13)6-3-7(11)9(10)12-4-6/h3-5H,1-2H3. The Balaban J connectivity index is 3.04. The number of carbonyl (C=O) groups excluding carboxylic acids is 1. The Hall–Kier alpha value is -0.960. The Morgan fingerprint density at radius 1 is 1.62 bits per heavy atom. The molecule has 0 aliphatic carbocycles. The summed E-state index contributed by atoms with van der Waals surface area (Å²) >= 11 is 5.37. The molecule has 0 aliphatic heterocycles. The van der Waals surface area contributed by atoms with E-state index in [-0.39, 0.29) is 22.4 Å². The second-order valence-corrected chi connectivity index (χ2v) is 3.37. The average molecular weight is 202 g/mol. The van der Waals surface area contributed by atoms with Crippen LogP contribution in [0.5, 0.6) is 0 Å². The summed E-state index contributed by atoms with van der Waals surface area (Å²) in [5.41, 5.74) is 0.261. The van der Waals surface area contributed by atoms with Crippen molar-refractivity contribution in [1.82, 2.24) is 4.98 Å². The normalized spacial score (nSPS) is 10.5. The molecule has 1 heterocycles. The van der Waals surface area contributed by atoms with Crippen molar-refractivity contribution in [3.05, 3.63) is 28.8 Å². The second kappa shape index (κ2) is 3.83. The molecule has 1 aromatic heterocycles. The zero-order valence-corrected chi connectivity index (χ0v) is 8.10. The van der Waals surface area contributed by atoms with Crippen molar-refractivity contribution in [2.24, 2.45) is 5.92 Å². The average Bonchev–Trinajstić information content (AvgIpc) is 2.08. The lowest BCUT2D eigenvalue weighted by Crippen LogP contribution is -2.08. The van der Waals surface area contributed by atoms with Crippen LogP contribution in [0.25, 0.3) is 0 Å². The van der Waals surface area contributed by atoms with Crippen molar-refractivity contribution in [2.75, 3.05) is 0 Å². The smallest absolute Gasteiger partial charge is 0.167 e. The van der Waals surface area contributed by atoms with Gasteiger partial charge >= 0.3 is 0 Å². The molecule has 0 bridgehead atoms. The maximum Gasteiger partial charge on any atom is 0.167 e. The quantitative estimate of drug-likeness (QED) is 0.544. The lowest BCUT2D eigenvalue weighted by molar-refractivity contribution is 0.0938. The molecule has 0 saturated heterocycles. The number of nitrogens with zero attached hydrogens (tertiary/aromatic N) is 1. The van der Waals surface area contributed by atoms with Gasteiger partial charge in [-0.25, -0.2) is 9.37 Å². The van der Waals surface area contributed by atoms with Crippen LogP contribution in [0, 0.1) is 11.7 Å². The molecule has 0 aliphatic rings. The van der Waals surface area contributed by atoms with Gasteiger partial charge in [0, 0.05) is 17.7 Å². The van der Waals surface area contributed by atoms with Crippen molar-refractivity contribution in [2.45, 2.75) is 13.8 Å². The highest BCUT2D eigenvalue weighted by atomic mass is 35.5. The largest absolute Gasteiger partial charge is 0.294 e. The first kappa shape index (κ1) is 10.1. The third-order valence-electron chi connectivity index (χ3n) is 1.61. The third-order valence-corrected chi connectivity index (χ3v) is 1.88. The highest BCUT2D eigenvalue weighted by Crippen LogP contribution is 2.14. The number of halogens is 2. The molecular formula is C9H9ClFNO. The lowest BCUT2D eigenvalue weighted by atomic mass is 10.0. The monoisotopic (exact) mass is 201 g/mol. The SMILES string of the molecule is CC(C)C(=O)c1cnc(Cl)c(F)c1. The molecular weight excluding hydrogens is 193 g/mol. The molecule has 0 N–H and O–H groups in total. The Bertz CT molecular complexity index is 338. The van der Waals surface area contributed by atoms with Gasteiger partial charge in [-0.3, -0.25) is 4.79 Å². The van der Waals surface area contributed by atoms with Crippen LogP contribution in [0.1, 0.15) is 24.2 Å². The molecule has 70 valence electrons. The van der Waals surface area contributed by atoms with Gasteiger partial charge in [-0.05, 0) is 6.07 Å². The van der Waals surface area contributed by atoms with Crippen molar-refractivity contribution in [3.8, 4) is 0 Å². The van der Waals surface area contributed by atoms with E-state index in [0.29, 0.717) is 0 Å². The van der Waals surface area contributed by atoms with Gasteiger partial charge in [0.15, 0.2) is 16.8 Å². The van der Waals surface area contributed by atoms with Crippen LogP contribution in [0.15, 0.2) is 12.3 Å². The van der Waals surface area contributed by atoms with E-state index in [1.165, 1.54) is 6.20 Å². The lowest BCUT2D eigenvalue weighted by Gasteiger charge is -2.03. The second-order valence-electron chi connectivity index (χ2n) is 3.02. The summed E-state index contributed by atoms with van der Waals surface area (Å²) < 4.78 is 12.9. The fourth-order valence-corrected chi connectivity index (χ4v) is 0.993. The highest BCUT2D eigenvalue weighted by molar-refractivity contribution is 6.29. The summed E-state index contributed by atoms with van der Waals surface area (Å²) in [5, 5.41) is -0.208. The molecule has 0 fully saturated rings. The summed E-state index contributed by atoms with van der Waals surface area (Å²) in [6.45, 7) is 3.49. The van der Waals surface area contributed by atoms with E-state index in [1.54, 1.807) is 13.8 Å². The van der Waals surface area contributed by atoms with Crippen molar-refractivity contribution < 1.29 is 9.18 Å². The molecule has 0 atom stereocenters. The van der Waals surface area contributed by atoms with E-state index in [9.17, 15) is 9.18 Å². The van der Waals surface area contributed by atoms with E-state index in [0.717, 1.165) is 6.07 Å². The van der Waals surface area contributed by atoms with Crippen molar-refractivity contribution in [1.29, 1.82) is 0 Å². The third kappa shape index (κ3) is 2.25. The Kier molecular flexibility index (Phi) is 2.98. The zero-order chi connectivity index (χ0) is 10.0. The topological polar surface area (TPSA) is 30.0 Å². The molecule has 1 rings (SSSR count). The van der Waals surface area contributed by atoms with Gasteiger partial charge in [0.05, 0.1) is 0 Å². The van der Waals surface area contributed by atoms with Crippen LogP contribution >= 0.6 is 11.6 Å². The predicted molar refractivity (Wildman–Crippen MR) is 48.4 cm³/mol. The molecule has 2 nitrogen and oxygen atoms in total. The number of pyridine rings is 1. The molecule has 4 heteroatoms. The molecule has 0 unspecified atom stereocenters. The maximum absolute atomic E-state index is 12.9. The fraction of sp³-hybridized carbons (Fsp3) is 0.333. The molecule has 1 aromatic rings. The number of aromatic nitrogens is 1. The van der Waals surface area contributed by atoms with Crippen LogP contribution < -0.4 is 0 Å².